The van der Waals surface area contributed by atoms with Crippen molar-refractivity contribution in [1.82, 2.24) is 10.3 Å². The number of pyridine rings is 1. The molecule has 3 rings (SSSR count). The van der Waals surface area contributed by atoms with Crippen LogP contribution in [0.25, 0.3) is 6.08 Å². The highest BCUT2D eigenvalue weighted by atomic mass is 35.5. The van der Waals surface area contributed by atoms with Gasteiger partial charge in [-0.2, -0.15) is 0 Å². The summed E-state index contributed by atoms with van der Waals surface area (Å²) in [5.74, 6) is -0.432. The molecular formula is C22H18Cl2N2O3S. The molecule has 154 valence electrons. The molecule has 1 atom stereocenters. The Kier molecular flexibility index (Phi) is 7.26. The second-order valence-corrected chi connectivity index (χ2v) is 9.33. The van der Waals surface area contributed by atoms with Crippen LogP contribution in [0.1, 0.15) is 16.4 Å². The van der Waals surface area contributed by atoms with E-state index in [2.05, 4.69) is 10.3 Å². The van der Waals surface area contributed by atoms with Gasteiger partial charge in [-0.3, -0.25) is 9.78 Å². The minimum absolute atomic E-state index is 0.104. The molecule has 8 heteroatoms. The van der Waals surface area contributed by atoms with Crippen LogP contribution in [0, 0.1) is 0 Å². The molecule has 0 radical (unpaired) electrons. The summed E-state index contributed by atoms with van der Waals surface area (Å²) in [5.41, 5.74) is 1.19. The van der Waals surface area contributed by atoms with Gasteiger partial charge in [-0.1, -0.05) is 53.5 Å². The molecule has 0 spiro atoms. The Hall–Kier alpha value is -2.67. The van der Waals surface area contributed by atoms with Crippen molar-refractivity contribution in [2.45, 2.75) is 10.1 Å². The highest BCUT2D eigenvalue weighted by molar-refractivity contribution is 7.91. The standard InChI is InChI=1S/C22H18Cl2N2O3S/c23-19-10-8-16(13-20(19)24)9-11-22(27)26-15-21(17-5-4-12-25-14-17)30(28,29)18-6-2-1-3-7-18/h1-14,21H,15H2,(H,26,27)/b11-9+. The van der Waals surface area contributed by atoms with Gasteiger partial charge in [0.1, 0.15) is 5.25 Å². The summed E-state index contributed by atoms with van der Waals surface area (Å²) in [6.07, 6.45) is 5.94. The molecule has 0 bridgehead atoms. The van der Waals surface area contributed by atoms with Gasteiger partial charge in [-0.05, 0) is 47.5 Å². The van der Waals surface area contributed by atoms with Gasteiger partial charge >= 0.3 is 0 Å². The number of nitrogens with one attached hydrogen (secondary N) is 1. The topological polar surface area (TPSA) is 76.1 Å². The predicted molar refractivity (Wildman–Crippen MR) is 119 cm³/mol. The van der Waals surface area contributed by atoms with Gasteiger partial charge < -0.3 is 5.32 Å². The zero-order valence-electron chi connectivity index (χ0n) is 15.7. The first-order valence-electron chi connectivity index (χ1n) is 8.98. The molecule has 1 amide bonds. The highest BCUT2D eigenvalue weighted by Crippen LogP contribution is 2.28. The normalized spacial score (nSPS) is 12.6. The highest BCUT2D eigenvalue weighted by Gasteiger charge is 2.29. The molecular weight excluding hydrogens is 443 g/mol. The minimum atomic E-state index is -3.74. The molecule has 0 aliphatic carbocycles. The van der Waals surface area contributed by atoms with Crippen LogP contribution in [0.3, 0.4) is 0 Å². The quantitative estimate of drug-likeness (QED) is 0.516. The van der Waals surface area contributed by atoms with Crippen LogP contribution in [-0.2, 0) is 14.6 Å². The van der Waals surface area contributed by atoms with E-state index in [1.807, 2.05) is 0 Å². The van der Waals surface area contributed by atoms with E-state index in [-0.39, 0.29) is 11.4 Å². The van der Waals surface area contributed by atoms with Crippen molar-refractivity contribution in [3.05, 3.63) is 100 Å². The SMILES string of the molecule is O=C(/C=C/c1ccc(Cl)c(Cl)c1)NCC(c1cccnc1)S(=O)(=O)c1ccccc1. The smallest absolute Gasteiger partial charge is 0.244 e. The summed E-state index contributed by atoms with van der Waals surface area (Å²) < 4.78 is 26.3. The molecule has 0 saturated carbocycles. The number of hydrogen-bond donors (Lipinski definition) is 1. The van der Waals surface area contributed by atoms with E-state index in [0.717, 1.165) is 0 Å². The summed E-state index contributed by atoms with van der Waals surface area (Å²) >= 11 is 11.9. The zero-order chi connectivity index (χ0) is 21.6. The van der Waals surface area contributed by atoms with Crippen molar-refractivity contribution in [2.75, 3.05) is 6.54 Å². The molecule has 0 aliphatic rings. The van der Waals surface area contributed by atoms with E-state index < -0.39 is 21.0 Å². The fourth-order valence-electron chi connectivity index (χ4n) is 2.79. The zero-order valence-corrected chi connectivity index (χ0v) is 18.0. The third kappa shape index (κ3) is 5.48. The summed E-state index contributed by atoms with van der Waals surface area (Å²) in [6.45, 7) is -0.104. The van der Waals surface area contributed by atoms with Crippen molar-refractivity contribution in [2.24, 2.45) is 0 Å². The number of hydrogen-bond acceptors (Lipinski definition) is 4. The Morgan fingerprint density at radius 2 is 1.80 bits per heavy atom. The van der Waals surface area contributed by atoms with E-state index in [1.165, 1.54) is 24.4 Å². The molecule has 0 fully saturated rings. The maximum Gasteiger partial charge on any atom is 0.244 e. The maximum absolute atomic E-state index is 13.2. The predicted octanol–water partition coefficient (Wildman–Crippen LogP) is 4.73. The fourth-order valence-corrected chi connectivity index (χ4v) is 4.76. The van der Waals surface area contributed by atoms with Crippen molar-refractivity contribution >= 4 is 45.0 Å². The number of carbonyl (C=O) groups excluding carboxylic acids is 1. The van der Waals surface area contributed by atoms with Crippen LogP contribution in [0.5, 0.6) is 0 Å². The average Bonchev–Trinajstić information content (AvgIpc) is 2.76. The summed E-state index contributed by atoms with van der Waals surface area (Å²) in [4.78, 5) is 16.5. The molecule has 0 aliphatic heterocycles. The number of rotatable bonds is 7. The van der Waals surface area contributed by atoms with Gasteiger partial charge in [-0.15, -0.1) is 0 Å². The Labute approximate surface area is 185 Å². The van der Waals surface area contributed by atoms with Gasteiger partial charge in [-0.25, -0.2) is 8.42 Å². The number of aromatic nitrogens is 1. The molecule has 1 unspecified atom stereocenters. The Morgan fingerprint density at radius 1 is 1.03 bits per heavy atom. The summed E-state index contributed by atoms with van der Waals surface area (Å²) in [7, 11) is -3.74. The van der Waals surface area contributed by atoms with Crippen molar-refractivity contribution in [1.29, 1.82) is 0 Å². The Balaban J connectivity index is 1.78. The number of amides is 1. The molecule has 2 aromatic carbocycles. The van der Waals surface area contributed by atoms with Crippen LogP contribution in [0.4, 0.5) is 0 Å². The lowest BCUT2D eigenvalue weighted by atomic mass is 10.2. The van der Waals surface area contributed by atoms with Crippen molar-refractivity contribution < 1.29 is 13.2 Å². The van der Waals surface area contributed by atoms with Gasteiger partial charge in [0.2, 0.25) is 5.91 Å². The average molecular weight is 461 g/mol. The first kappa shape index (κ1) is 22.0. The molecule has 0 saturated heterocycles. The van der Waals surface area contributed by atoms with Crippen LogP contribution < -0.4 is 5.32 Å². The number of carbonyl (C=O) groups is 1. The molecule has 5 nitrogen and oxygen atoms in total. The second kappa shape index (κ2) is 9.89. The van der Waals surface area contributed by atoms with Gasteiger partial charge in [0, 0.05) is 25.0 Å². The lowest BCUT2D eigenvalue weighted by Crippen LogP contribution is -2.31. The number of nitrogens with zero attached hydrogens (tertiary/aromatic N) is 1. The van der Waals surface area contributed by atoms with Crippen LogP contribution in [0.2, 0.25) is 10.0 Å². The lowest BCUT2D eigenvalue weighted by Gasteiger charge is -2.18. The van der Waals surface area contributed by atoms with E-state index in [0.29, 0.717) is 21.2 Å². The van der Waals surface area contributed by atoms with E-state index in [1.54, 1.807) is 60.8 Å². The fraction of sp³-hybridized carbons (Fsp3) is 0.0909. The second-order valence-electron chi connectivity index (χ2n) is 6.39. The third-order valence-electron chi connectivity index (χ3n) is 4.34. The van der Waals surface area contributed by atoms with Crippen LogP contribution in [-0.4, -0.2) is 25.9 Å². The summed E-state index contributed by atoms with van der Waals surface area (Å²) in [6, 6.07) is 16.4. The largest absolute Gasteiger partial charge is 0.351 e. The molecule has 1 N–H and O–H groups in total. The number of halogens is 2. The van der Waals surface area contributed by atoms with Crippen molar-refractivity contribution in [3.63, 3.8) is 0 Å². The van der Waals surface area contributed by atoms with Gasteiger partial charge in [0.25, 0.3) is 0 Å². The molecule has 3 aromatic rings. The Morgan fingerprint density at radius 3 is 2.47 bits per heavy atom. The monoisotopic (exact) mass is 460 g/mol. The van der Waals surface area contributed by atoms with E-state index in [9.17, 15) is 13.2 Å². The first-order chi connectivity index (χ1) is 14.4. The van der Waals surface area contributed by atoms with Gasteiger partial charge in [0.05, 0.1) is 14.9 Å². The van der Waals surface area contributed by atoms with Crippen molar-refractivity contribution in [3.8, 4) is 0 Å². The maximum atomic E-state index is 13.2. The molecule has 30 heavy (non-hydrogen) atoms. The van der Waals surface area contributed by atoms with E-state index in [4.69, 9.17) is 23.2 Å². The van der Waals surface area contributed by atoms with Crippen LogP contribution in [0.15, 0.2) is 84.0 Å². The van der Waals surface area contributed by atoms with Gasteiger partial charge in [0.15, 0.2) is 9.84 Å². The van der Waals surface area contributed by atoms with Crippen LogP contribution >= 0.6 is 23.2 Å². The molecule has 1 aromatic heterocycles. The Bertz CT molecular complexity index is 1150. The first-order valence-corrected chi connectivity index (χ1v) is 11.3. The number of sulfone groups is 1. The number of benzene rings is 2. The summed E-state index contributed by atoms with van der Waals surface area (Å²) in [5, 5.41) is 2.49. The lowest BCUT2D eigenvalue weighted by molar-refractivity contribution is -0.116. The third-order valence-corrected chi connectivity index (χ3v) is 7.19. The van der Waals surface area contributed by atoms with E-state index >= 15 is 0 Å². The minimum Gasteiger partial charge on any atom is -0.351 e. The molecule has 1 heterocycles.